The first-order valence-corrected chi connectivity index (χ1v) is 7.15. The highest BCUT2D eigenvalue weighted by Crippen LogP contribution is 2.32. The molecule has 0 heterocycles. The van der Waals surface area contributed by atoms with Gasteiger partial charge in [-0.15, -0.1) is 12.3 Å². The summed E-state index contributed by atoms with van der Waals surface area (Å²) in [6.45, 7) is 11.1. The number of esters is 1. The number of rotatable bonds is 5. The van der Waals surface area contributed by atoms with E-state index < -0.39 is 17.7 Å². The molecule has 1 N–H and O–H groups in total. The van der Waals surface area contributed by atoms with E-state index in [1.807, 2.05) is 6.92 Å². The van der Waals surface area contributed by atoms with Crippen LogP contribution < -0.4 is 0 Å². The van der Waals surface area contributed by atoms with Crippen molar-refractivity contribution in [3.05, 3.63) is 36.5 Å². The lowest BCUT2D eigenvalue weighted by molar-refractivity contribution is -0.140. The van der Waals surface area contributed by atoms with Gasteiger partial charge in [0.15, 0.2) is 0 Å². The second kappa shape index (κ2) is 7.69. The zero-order chi connectivity index (χ0) is 16.8. The Morgan fingerprint density at radius 1 is 1.68 bits per heavy atom. The lowest BCUT2D eigenvalue weighted by Gasteiger charge is -2.19. The molecule has 0 saturated carbocycles. The standard InChI is InChI=1S/C19H22O3/c1-6-9-15(14(3)4)10-8-11-18(20)22-17-12-16(7-2)19(5,21)13-17/h1,7,12,15,17,21H,2-3,9-10,13H2,4-5H3/t15-,17+,19+/m0/s1. The fourth-order valence-electron chi connectivity index (χ4n) is 2.29. The van der Waals surface area contributed by atoms with Gasteiger partial charge in [0.25, 0.3) is 0 Å². The van der Waals surface area contributed by atoms with Crippen molar-refractivity contribution in [2.45, 2.75) is 44.8 Å². The Kier molecular flexibility index (Phi) is 6.23. The molecule has 0 fully saturated rings. The minimum atomic E-state index is -1.02. The molecule has 22 heavy (non-hydrogen) atoms. The van der Waals surface area contributed by atoms with Crippen molar-refractivity contribution in [1.82, 2.24) is 0 Å². The molecule has 0 bridgehead atoms. The first-order chi connectivity index (χ1) is 10.3. The van der Waals surface area contributed by atoms with Crippen molar-refractivity contribution in [2.75, 3.05) is 0 Å². The van der Waals surface area contributed by atoms with E-state index in [9.17, 15) is 9.90 Å². The molecule has 116 valence electrons. The van der Waals surface area contributed by atoms with Crippen molar-refractivity contribution < 1.29 is 14.6 Å². The fourth-order valence-corrected chi connectivity index (χ4v) is 2.29. The van der Waals surface area contributed by atoms with Crippen molar-refractivity contribution in [2.24, 2.45) is 5.92 Å². The lowest BCUT2D eigenvalue weighted by Crippen LogP contribution is -2.25. The highest BCUT2D eigenvalue weighted by atomic mass is 16.5. The highest BCUT2D eigenvalue weighted by molar-refractivity contribution is 5.88. The van der Waals surface area contributed by atoms with Gasteiger partial charge >= 0.3 is 5.97 Å². The monoisotopic (exact) mass is 298 g/mol. The third-order valence-corrected chi connectivity index (χ3v) is 3.66. The molecule has 0 aromatic heterocycles. The quantitative estimate of drug-likeness (QED) is 0.367. The van der Waals surface area contributed by atoms with E-state index in [-0.39, 0.29) is 5.92 Å². The van der Waals surface area contributed by atoms with E-state index in [0.29, 0.717) is 24.8 Å². The summed E-state index contributed by atoms with van der Waals surface area (Å²) in [6.07, 6.45) is 9.41. The molecule has 0 aliphatic heterocycles. The van der Waals surface area contributed by atoms with Gasteiger partial charge in [0.2, 0.25) is 0 Å². The van der Waals surface area contributed by atoms with Gasteiger partial charge in [0.05, 0.1) is 5.60 Å². The topological polar surface area (TPSA) is 46.5 Å². The number of carbonyl (C=O) groups excluding carboxylic acids is 1. The number of ether oxygens (including phenoxy) is 1. The number of hydrogen-bond acceptors (Lipinski definition) is 3. The van der Waals surface area contributed by atoms with Crippen LogP contribution in [0.1, 0.15) is 33.1 Å². The number of allylic oxidation sites excluding steroid dienone is 1. The third kappa shape index (κ3) is 4.95. The maximum atomic E-state index is 11.7. The maximum Gasteiger partial charge on any atom is 0.384 e. The molecule has 1 aliphatic rings. The summed E-state index contributed by atoms with van der Waals surface area (Å²) >= 11 is 0. The second-order valence-corrected chi connectivity index (χ2v) is 5.71. The summed E-state index contributed by atoms with van der Waals surface area (Å²) in [6, 6.07) is 0. The molecule has 1 rings (SSSR count). The number of aliphatic hydroxyl groups is 1. The van der Waals surface area contributed by atoms with Gasteiger partial charge in [-0.2, -0.15) is 0 Å². The van der Waals surface area contributed by atoms with Gasteiger partial charge in [-0.05, 0) is 25.5 Å². The van der Waals surface area contributed by atoms with E-state index >= 15 is 0 Å². The zero-order valence-electron chi connectivity index (χ0n) is 13.2. The Balaban J connectivity index is 2.57. The molecular formula is C19H22O3. The van der Waals surface area contributed by atoms with E-state index in [4.69, 9.17) is 11.2 Å². The summed E-state index contributed by atoms with van der Waals surface area (Å²) in [5.74, 6) is 7.30. The second-order valence-electron chi connectivity index (χ2n) is 5.71. The molecule has 0 saturated heterocycles. The molecule has 0 spiro atoms. The molecule has 0 aromatic carbocycles. The summed E-state index contributed by atoms with van der Waals surface area (Å²) < 4.78 is 5.22. The van der Waals surface area contributed by atoms with Gasteiger partial charge in [-0.1, -0.05) is 30.7 Å². The Morgan fingerprint density at radius 3 is 2.86 bits per heavy atom. The number of carbonyl (C=O) groups is 1. The van der Waals surface area contributed by atoms with E-state index in [0.717, 1.165) is 5.57 Å². The maximum absolute atomic E-state index is 11.7. The average Bonchev–Trinajstić information content (AvgIpc) is 2.71. The van der Waals surface area contributed by atoms with Crippen LogP contribution in [-0.4, -0.2) is 22.8 Å². The predicted molar refractivity (Wildman–Crippen MR) is 87.5 cm³/mol. The smallest absolute Gasteiger partial charge is 0.384 e. The molecule has 0 amide bonds. The fraction of sp³-hybridized carbons (Fsp3) is 0.421. The van der Waals surface area contributed by atoms with E-state index in [2.05, 4.69) is 30.9 Å². The molecule has 3 atom stereocenters. The number of hydrogen-bond donors (Lipinski definition) is 1. The zero-order valence-corrected chi connectivity index (χ0v) is 13.2. The number of terminal acetylenes is 1. The van der Waals surface area contributed by atoms with Crippen LogP contribution in [0, 0.1) is 30.1 Å². The van der Waals surface area contributed by atoms with Gasteiger partial charge in [0.1, 0.15) is 6.10 Å². The molecular weight excluding hydrogens is 276 g/mol. The Bertz CT molecular complexity index is 590. The van der Waals surface area contributed by atoms with Gasteiger partial charge in [-0.25, -0.2) is 4.79 Å². The molecule has 3 nitrogen and oxygen atoms in total. The summed E-state index contributed by atoms with van der Waals surface area (Å²) in [5, 5.41) is 10.1. The average molecular weight is 298 g/mol. The molecule has 0 radical (unpaired) electrons. The Labute approximate surface area is 132 Å². The first-order valence-electron chi connectivity index (χ1n) is 7.15. The minimum Gasteiger partial charge on any atom is -0.448 e. The molecule has 0 unspecified atom stereocenters. The van der Waals surface area contributed by atoms with Crippen LogP contribution in [0.15, 0.2) is 36.5 Å². The van der Waals surface area contributed by atoms with Crippen LogP contribution in [-0.2, 0) is 9.53 Å². The molecule has 3 heteroatoms. The third-order valence-electron chi connectivity index (χ3n) is 3.66. The van der Waals surface area contributed by atoms with Crippen LogP contribution in [0.25, 0.3) is 0 Å². The lowest BCUT2D eigenvalue weighted by atomic mass is 9.95. The van der Waals surface area contributed by atoms with E-state index in [1.165, 1.54) is 0 Å². The van der Waals surface area contributed by atoms with Crippen LogP contribution >= 0.6 is 0 Å². The van der Waals surface area contributed by atoms with Crippen molar-refractivity contribution >= 4 is 5.97 Å². The molecule has 0 aromatic rings. The first kappa shape index (κ1) is 17.8. The van der Waals surface area contributed by atoms with Crippen molar-refractivity contribution in [1.29, 1.82) is 0 Å². The van der Waals surface area contributed by atoms with Crippen molar-refractivity contribution in [3.63, 3.8) is 0 Å². The predicted octanol–water partition coefficient (Wildman–Crippen LogP) is 2.77. The van der Waals surface area contributed by atoms with Crippen molar-refractivity contribution in [3.8, 4) is 24.2 Å². The summed E-state index contributed by atoms with van der Waals surface area (Å²) in [7, 11) is 0. The van der Waals surface area contributed by atoms with Crippen LogP contribution in [0.3, 0.4) is 0 Å². The normalized spacial score (nSPS) is 24.3. The summed E-state index contributed by atoms with van der Waals surface area (Å²) in [4.78, 5) is 11.7. The van der Waals surface area contributed by atoms with Crippen LogP contribution in [0.2, 0.25) is 0 Å². The Hall–Kier alpha value is -2.23. The van der Waals surface area contributed by atoms with Gasteiger partial charge < -0.3 is 9.84 Å². The van der Waals surface area contributed by atoms with Crippen LogP contribution in [0.5, 0.6) is 0 Å². The van der Waals surface area contributed by atoms with E-state index in [1.54, 1.807) is 19.1 Å². The summed E-state index contributed by atoms with van der Waals surface area (Å²) in [5.41, 5.74) is 0.596. The van der Waals surface area contributed by atoms with Gasteiger partial charge in [-0.3, -0.25) is 0 Å². The Morgan fingerprint density at radius 2 is 2.36 bits per heavy atom. The van der Waals surface area contributed by atoms with Crippen LogP contribution in [0.4, 0.5) is 0 Å². The molecule has 1 aliphatic carbocycles. The highest BCUT2D eigenvalue weighted by Gasteiger charge is 2.35. The SMILES string of the molecule is C#CC[C@@H](CC#CC(=O)O[C@@H]1C=C(C=C)[C@](C)(O)C1)C(=C)C. The van der Waals surface area contributed by atoms with Gasteiger partial charge in [0, 0.05) is 31.1 Å². The minimum absolute atomic E-state index is 0.0878. The largest absolute Gasteiger partial charge is 0.448 e.